The van der Waals surface area contributed by atoms with Gasteiger partial charge in [-0.2, -0.15) is 0 Å². The second-order valence-corrected chi connectivity index (χ2v) is 10.6. The number of anilines is 1. The summed E-state index contributed by atoms with van der Waals surface area (Å²) in [5, 5.41) is 3.21. The molecule has 41 heavy (non-hydrogen) atoms. The van der Waals surface area contributed by atoms with E-state index in [0.717, 1.165) is 20.6 Å². The van der Waals surface area contributed by atoms with Gasteiger partial charge >= 0.3 is 11.8 Å². The summed E-state index contributed by atoms with van der Waals surface area (Å²) in [6.45, 7) is 4.11. The number of para-hydroxylation sites is 1. The monoisotopic (exact) mass is 578 g/mol. The number of nitrogens with zero attached hydrogens (tertiary/aromatic N) is 3. The van der Waals surface area contributed by atoms with Gasteiger partial charge in [-0.1, -0.05) is 18.2 Å². The summed E-state index contributed by atoms with van der Waals surface area (Å²) < 4.78 is 18.4. The van der Waals surface area contributed by atoms with E-state index >= 15 is 0 Å². The molecule has 5 rings (SSSR count). The maximum absolute atomic E-state index is 13.9. The quantitative estimate of drug-likeness (QED) is 0.355. The molecule has 1 aliphatic rings. The molecule has 0 bridgehead atoms. The van der Waals surface area contributed by atoms with E-state index in [1.807, 2.05) is 6.92 Å². The third-order valence-electron chi connectivity index (χ3n) is 6.96. The molecule has 0 atom stereocenters. The molecule has 0 spiro atoms. The van der Waals surface area contributed by atoms with Crippen LogP contribution in [0, 0.1) is 6.92 Å². The van der Waals surface area contributed by atoms with Crippen LogP contribution in [0.2, 0.25) is 0 Å². The standard InChI is InChI=1S/C29H30N4O7S/c1-5-40-29(37)31-12-11-19-23(15-31)41-27-25(19)26(35)33(18-9-7-6-8-10-18)28(36)32(27)16-24(34)30-20-13-17(2)21(38-3)14-22(20)39-4/h6-10,13-14H,5,11-12,15-16H2,1-4H3,(H,30,34). The van der Waals surface area contributed by atoms with Crippen LogP contribution in [0.15, 0.2) is 52.1 Å². The number of methoxy groups -OCH3 is 2. The van der Waals surface area contributed by atoms with Crippen LogP contribution in [0.25, 0.3) is 15.9 Å². The van der Waals surface area contributed by atoms with E-state index in [2.05, 4.69) is 5.32 Å². The molecule has 2 aromatic heterocycles. The minimum Gasteiger partial charge on any atom is -0.496 e. The van der Waals surface area contributed by atoms with Crippen LogP contribution in [-0.4, -0.2) is 53.4 Å². The number of thiophene rings is 1. The van der Waals surface area contributed by atoms with E-state index in [-0.39, 0.29) is 19.7 Å². The minimum absolute atomic E-state index is 0.251. The molecule has 0 aliphatic carbocycles. The van der Waals surface area contributed by atoms with Gasteiger partial charge < -0.3 is 24.4 Å². The molecule has 0 unspecified atom stereocenters. The molecule has 1 aliphatic heterocycles. The van der Waals surface area contributed by atoms with Gasteiger partial charge in [-0.15, -0.1) is 11.3 Å². The lowest BCUT2D eigenvalue weighted by molar-refractivity contribution is -0.116. The van der Waals surface area contributed by atoms with Crippen LogP contribution in [0.5, 0.6) is 11.5 Å². The molecule has 0 radical (unpaired) electrons. The molecule has 1 N–H and O–H groups in total. The van der Waals surface area contributed by atoms with Crippen molar-refractivity contribution in [2.24, 2.45) is 0 Å². The first-order valence-corrected chi connectivity index (χ1v) is 13.9. The van der Waals surface area contributed by atoms with Crippen molar-refractivity contribution >= 4 is 39.2 Å². The van der Waals surface area contributed by atoms with Crippen LogP contribution in [-0.2, 0) is 29.0 Å². The highest BCUT2D eigenvalue weighted by Gasteiger charge is 2.29. The third kappa shape index (κ3) is 5.18. The highest BCUT2D eigenvalue weighted by molar-refractivity contribution is 7.18. The number of amides is 2. The zero-order valence-corrected chi connectivity index (χ0v) is 24.0. The lowest BCUT2D eigenvalue weighted by Gasteiger charge is -2.25. The first kappa shape index (κ1) is 28.0. The Bertz CT molecular complexity index is 1760. The second-order valence-electron chi connectivity index (χ2n) is 9.47. The number of benzene rings is 2. The van der Waals surface area contributed by atoms with E-state index in [1.165, 1.54) is 23.0 Å². The van der Waals surface area contributed by atoms with Gasteiger partial charge in [-0.25, -0.2) is 14.2 Å². The van der Waals surface area contributed by atoms with Gasteiger partial charge in [-0.3, -0.25) is 14.2 Å². The zero-order valence-electron chi connectivity index (χ0n) is 23.2. The molecule has 4 aromatic rings. The van der Waals surface area contributed by atoms with Crippen molar-refractivity contribution in [1.82, 2.24) is 14.0 Å². The van der Waals surface area contributed by atoms with Crippen molar-refractivity contribution in [3.8, 4) is 17.2 Å². The molecule has 11 nitrogen and oxygen atoms in total. The van der Waals surface area contributed by atoms with Gasteiger partial charge in [0, 0.05) is 17.5 Å². The lowest BCUT2D eigenvalue weighted by Crippen LogP contribution is -2.41. The number of hydrogen-bond acceptors (Lipinski definition) is 8. The smallest absolute Gasteiger partial charge is 0.410 e. The highest BCUT2D eigenvalue weighted by Crippen LogP contribution is 2.34. The fourth-order valence-corrected chi connectivity index (χ4v) is 6.36. The van der Waals surface area contributed by atoms with Gasteiger partial charge in [0.2, 0.25) is 5.91 Å². The van der Waals surface area contributed by atoms with Crippen molar-refractivity contribution in [1.29, 1.82) is 0 Å². The van der Waals surface area contributed by atoms with E-state index in [4.69, 9.17) is 14.2 Å². The van der Waals surface area contributed by atoms with Crippen molar-refractivity contribution in [3.05, 3.63) is 79.3 Å². The number of ether oxygens (including phenoxy) is 3. The number of fused-ring (bicyclic) bond motifs is 3. The molecule has 12 heteroatoms. The number of aryl methyl sites for hydroxylation is 1. The van der Waals surface area contributed by atoms with Crippen molar-refractivity contribution in [2.45, 2.75) is 33.4 Å². The molecule has 0 fully saturated rings. The predicted octanol–water partition coefficient (Wildman–Crippen LogP) is 3.69. The maximum Gasteiger partial charge on any atom is 0.410 e. The Hall–Kier alpha value is -4.58. The van der Waals surface area contributed by atoms with Crippen molar-refractivity contribution in [2.75, 3.05) is 32.7 Å². The normalized spacial score (nSPS) is 12.6. The van der Waals surface area contributed by atoms with Crippen LogP contribution < -0.4 is 26.0 Å². The van der Waals surface area contributed by atoms with Crippen molar-refractivity contribution < 1.29 is 23.8 Å². The summed E-state index contributed by atoms with van der Waals surface area (Å²) >= 11 is 1.24. The Balaban J connectivity index is 1.61. The van der Waals surface area contributed by atoms with Gasteiger partial charge in [0.1, 0.15) is 22.9 Å². The maximum atomic E-state index is 13.9. The summed E-state index contributed by atoms with van der Waals surface area (Å²) in [7, 11) is 3.03. The summed E-state index contributed by atoms with van der Waals surface area (Å²) in [6.07, 6.45) is -0.0111. The second kappa shape index (κ2) is 11.5. The number of aromatic nitrogens is 2. The van der Waals surface area contributed by atoms with Crippen LogP contribution in [0.4, 0.5) is 10.5 Å². The summed E-state index contributed by atoms with van der Waals surface area (Å²) in [5.74, 6) is 0.529. The number of rotatable bonds is 7. The number of carbonyl (C=O) groups excluding carboxylic acids is 2. The Morgan fingerprint density at radius 3 is 2.46 bits per heavy atom. The molecule has 3 heterocycles. The van der Waals surface area contributed by atoms with Crippen LogP contribution in [0.1, 0.15) is 22.9 Å². The van der Waals surface area contributed by atoms with E-state index in [1.54, 1.807) is 61.4 Å². The minimum atomic E-state index is -0.637. The first-order valence-electron chi connectivity index (χ1n) is 13.1. The number of carbonyl (C=O) groups is 2. The van der Waals surface area contributed by atoms with E-state index < -0.39 is 23.2 Å². The molecule has 214 valence electrons. The number of nitrogens with one attached hydrogen (secondary N) is 1. The molecule has 2 amide bonds. The Kier molecular flexibility index (Phi) is 7.84. The topological polar surface area (TPSA) is 121 Å². The van der Waals surface area contributed by atoms with Gasteiger partial charge in [0.05, 0.1) is 44.1 Å². The fraction of sp³-hybridized carbons (Fsp3) is 0.310. The molecular weight excluding hydrogens is 548 g/mol. The van der Waals surface area contributed by atoms with Crippen LogP contribution >= 0.6 is 11.3 Å². The van der Waals surface area contributed by atoms with Gasteiger partial charge in [0.25, 0.3) is 5.56 Å². The highest BCUT2D eigenvalue weighted by atomic mass is 32.1. The van der Waals surface area contributed by atoms with Crippen molar-refractivity contribution in [3.63, 3.8) is 0 Å². The largest absolute Gasteiger partial charge is 0.496 e. The van der Waals surface area contributed by atoms with E-state index in [0.29, 0.717) is 46.1 Å². The predicted molar refractivity (Wildman–Crippen MR) is 156 cm³/mol. The molecule has 2 aromatic carbocycles. The zero-order chi connectivity index (χ0) is 29.3. The Morgan fingerprint density at radius 1 is 1.05 bits per heavy atom. The van der Waals surface area contributed by atoms with E-state index in [9.17, 15) is 19.2 Å². The summed E-state index contributed by atoms with van der Waals surface area (Å²) in [6, 6.07) is 12.0. The average molecular weight is 579 g/mol. The lowest BCUT2D eigenvalue weighted by atomic mass is 10.1. The molecular formula is C29H30N4O7S. The first-order chi connectivity index (χ1) is 19.8. The molecule has 0 saturated heterocycles. The average Bonchev–Trinajstić information content (AvgIpc) is 3.35. The third-order valence-corrected chi connectivity index (χ3v) is 8.20. The number of hydrogen-bond donors (Lipinski definition) is 1. The molecule has 0 saturated carbocycles. The van der Waals surface area contributed by atoms with Gasteiger partial charge in [0.15, 0.2) is 0 Å². The van der Waals surface area contributed by atoms with Gasteiger partial charge in [-0.05, 0) is 49.6 Å². The fourth-order valence-electron chi connectivity index (χ4n) is 5.01. The SMILES string of the molecule is CCOC(=O)N1CCc2c(sc3c2c(=O)n(-c2ccccc2)c(=O)n3CC(=O)Nc2cc(C)c(OC)cc2OC)C1. The summed E-state index contributed by atoms with van der Waals surface area (Å²) in [4.78, 5) is 56.2. The van der Waals surface area contributed by atoms with Crippen LogP contribution in [0.3, 0.4) is 0 Å². The summed E-state index contributed by atoms with van der Waals surface area (Å²) in [5.41, 5.74) is 1.30. The Morgan fingerprint density at radius 2 is 1.78 bits per heavy atom. The Labute approximate surface area is 239 Å².